The third-order valence-corrected chi connectivity index (χ3v) is 4.78. The maximum absolute atomic E-state index is 11.8. The number of rotatable bonds is 9. The SMILES string of the molecule is COCCNCC(=O)NCC1CCCN(Cc2cccs2)C1. The third-order valence-electron chi connectivity index (χ3n) is 3.92. The first-order valence-electron chi connectivity index (χ1n) is 7.99. The fourth-order valence-electron chi connectivity index (χ4n) is 2.78. The number of nitrogens with zero attached hydrogens (tertiary/aromatic N) is 1. The van der Waals surface area contributed by atoms with Gasteiger partial charge >= 0.3 is 0 Å². The summed E-state index contributed by atoms with van der Waals surface area (Å²) >= 11 is 1.82. The predicted molar refractivity (Wildman–Crippen MR) is 90.1 cm³/mol. The summed E-state index contributed by atoms with van der Waals surface area (Å²) in [5.74, 6) is 0.642. The normalized spacial score (nSPS) is 19.2. The number of hydrogen-bond donors (Lipinski definition) is 2. The lowest BCUT2D eigenvalue weighted by molar-refractivity contribution is -0.120. The number of methoxy groups -OCH3 is 1. The van der Waals surface area contributed by atoms with Crippen LogP contribution >= 0.6 is 11.3 Å². The van der Waals surface area contributed by atoms with Gasteiger partial charge in [0.1, 0.15) is 0 Å². The van der Waals surface area contributed by atoms with Crippen LogP contribution in [0.4, 0.5) is 0 Å². The molecule has 6 heteroatoms. The van der Waals surface area contributed by atoms with Crippen molar-refractivity contribution in [2.75, 3.05) is 46.4 Å². The summed E-state index contributed by atoms with van der Waals surface area (Å²) in [6.45, 7) is 5.78. The molecule has 124 valence electrons. The number of carbonyl (C=O) groups is 1. The molecule has 0 bridgehead atoms. The molecule has 2 N–H and O–H groups in total. The van der Waals surface area contributed by atoms with Crippen LogP contribution in [0.2, 0.25) is 0 Å². The summed E-state index contributed by atoms with van der Waals surface area (Å²) in [5, 5.41) is 8.24. The third kappa shape index (κ3) is 6.44. The zero-order valence-electron chi connectivity index (χ0n) is 13.3. The molecule has 1 atom stereocenters. The fourth-order valence-corrected chi connectivity index (χ4v) is 3.53. The summed E-state index contributed by atoms with van der Waals surface area (Å²) in [6, 6.07) is 4.31. The lowest BCUT2D eigenvalue weighted by Crippen LogP contribution is -2.42. The van der Waals surface area contributed by atoms with Crippen molar-refractivity contribution in [1.29, 1.82) is 0 Å². The second-order valence-corrected chi connectivity index (χ2v) is 6.83. The molecule has 1 aliphatic heterocycles. The molecule has 0 radical (unpaired) electrons. The van der Waals surface area contributed by atoms with Crippen LogP contribution in [0.15, 0.2) is 17.5 Å². The van der Waals surface area contributed by atoms with Crippen molar-refractivity contribution in [3.63, 3.8) is 0 Å². The Morgan fingerprint density at radius 3 is 3.23 bits per heavy atom. The first-order chi connectivity index (χ1) is 10.8. The van der Waals surface area contributed by atoms with E-state index < -0.39 is 0 Å². The van der Waals surface area contributed by atoms with Crippen molar-refractivity contribution in [2.45, 2.75) is 19.4 Å². The average molecular weight is 325 g/mol. The van der Waals surface area contributed by atoms with E-state index in [-0.39, 0.29) is 5.91 Å². The molecular weight excluding hydrogens is 298 g/mol. The number of hydrogen-bond acceptors (Lipinski definition) is 5. The van der Waals surface area contributed by atoms with Crippen LogP contribution in [0.3, 0.4) is 0 Å². The zero-order chi connectivity index (χ0) is 15.6. The molecule has 0 aliphatic carbocycles. The average Bonchev–Trinajstić information content (AvgIpc) is 3.03. The predicted octanol–water partition coefficient (Wildman–Crippen LogP) is 1.31. The highest BCUT2D eigenvalue weighted by Crippen LogP contribution is 2.19. The summed E-state index contributed by atoms with van der Waals surface area (Å²) < 4.78 is 4.93. The monoisotopic (exact) mass is 325 g/mol. The van der Waals surface area contributed by atoms with E-state index in [1.54, 1.807) is 7.11 Å². The maximum atomic E-state index is 11.8. The molecule has 0 saturated carbocycles. The van der Waals surface area contributed by atoms with Gasteiger partial charge in [-0.15, -0.1) is 11.3 Å². The van der Waals surface area contributed by atoms with E-state index in [1.165, 1.54) is 24.3 Å². The summed E-state index contributed by atoms with van der Waals surface area (Å²) in [4.78, 5) is 15.7. The van der Waals surface area contributed by atoms with Crippen molar-refractivity contribution < 1.29 is 9.53 Å². The van der Waals surface area contributed by atoms with E-state index in [9.17, 15) is 4.79 Å². The van der Waals surface area contributed by atoms with Crippen LogP contribution in [0.25, 0.3) is 0 Å². The number of thiophene rings is 1. The van der Waals surface area contributed by atoms with Gasteiger partial charge in [-0.05, 0) is 36.8 Å². The Labute approximate surface area is 137 Å². The number of carbonyl (C=O) groups excluding carboxylic acids is 1. The lowest BCUT2D eigenvalue weighted by atomic mass is 9.98. The molecule has 1 saturated heterocycles. The Balaban J connectivity index is 1.62. The molecule has 1 amide bonds. The van der Waals surface area contributed by atoms with Crippen LogP contribution < -0.4 is 10.6 Å². The highest BCUT2D eigenvalue weighted by atomic mass is 32.1. The second kappa shape index (κ2) is 9.94. The molecule has 0 aromatic carbocycles. The quantitative estimate of drug-likeness (QED) is 0.672. The van der Waals surface area contributed by atoms with Gasteiger partial charge in [0.05, 0.1) is 13.2 Å². The number of ether oxygens (including phenoxy) is 1. The van der Waals surface area contributed by atoms with Crippen LogP contribution in [-0.4, -0.2) is 57.2 Å². The van der Waals surface area contributed by atoms with E-state index in [0.29, 0.717) is 25.6 Å². The Kier molecular flexibility index (Phi) is 7.87. The second-order valence-electron chi connectivity index (χ2n) is 5.80. The van der Waals surface area contributed by atoms with Gasteiger partial charge < -0.3 is 15.4 Å². The van der Waals surface area contributed by atoms with E-state index >= 15 is 0 Å². The summed E-state index contributed by atoms with van der Waals surface area (Å²) in [5.41, 5.74) is 0. The van der Waals surface area contributed by atoms with E-state index in [1.807, 2.05) is 11.3 Å². The van der Waals surface area contributed by atoms with Gasteiger partial charge in [-0.3, -0.25) is 9.69 Å². The van der Waals surface area contributed by atoms with Gasteiger partial charge in [0, 0.05) is 38.2 Å². The van der Waals surface area contributed by atoms with Crippen LogP contribution in [-0.2, 0) is 16.1 Å². The largest absolute Gasteiger partial charge is 0.383 e. The number of amides is 1. The number of likely N-dealkylation sites (tertiary alicyclic amines) is 1. The molecule has 1 fully saturated rings. The lowest BCUT2D eigenvalue weighted by Gasteiger charge is -2.32. The zero-order valence-corrected chi connectivity index (χ0v) is 14.2. The van der Waals surface area contributed by atoms with Crippen LogP contribution in [0.1, 0.15) is 17.7 Å². The smallest absolute Gasteiger partial charge is 0.233 e. The van der Waals surface area contributed by atoms with Gasteiger partial charge in [0.25, 0.3) is 0 Å². The summed E-state index contributed by atoms with van der Waals surface area (Å²) in [6.07, 6.45) is 2.43. The molecule has 22 heavy (non-hydrogen) atoms. The molecule has 0 spiro atoms. The molecular formula is C16H27N3O2S. The van der Waals surface area contributed by atoms with Crippen molar-refractivity contribution in [3.05, 3.63) is 22.4 Å². The van der Waals surface area contributed by atoms with Crippen molar-refractivity contribution in [1.82, 2.24) is 15.5 Å². The highest BCUT2D eigenvalue weighted by molar-refractivity contribution is 7.09. The van der Waals surface area contributed by atoms with E-state index in [4.69, 9.17) is 4.74 Å². The molecule has 1 aliphatic rings. The Morgan fingerprint density at radius 2 is 2.45 bits per heavy atom. The molecule has 1 aromatic heterocycles. The van der Waals surface area contributed by atoms with Crippen LogP contribution in [0, 0.1) is 5.92 Å². The van der Waals surface area contributed by atoms with Gasteiger partial charge in [0.2, 0.25) is 5.91 Å². The molecule has 1 unspecified atom stereocenters. The Hall–Kier alpha value is -0.950. The Morgan fingerprint density at radius 1 is 1.55 bits per heavy atom. The molecule has 2 heterocycles. The fraction of sp³-hybridized carbons (Fsp3) is 0.688. The van der Waals surface area contributed by atoms with Gasteiger partial charge in [-0.1, -0.05) is 6.07 Å². The van der Waals surface area contributed by atoms with Gasteiger partial charge in [-0.25, -0.2) is 0 Å². The minimum Gasteiger partial charge on any atom is -0.383 e. The first-order valence-corrected chi connectivity index (χ1v) is 8.87. The van der Waals surface area contributed by atoms with Crippen molar-refractivity contribution >= 4 is 17.2 Å². The highest BCUT2D eigenvalue weighted by Gasteiger charge is 2.20. The summed E-state index contributed by atoms with van der Waals surface area (Å²) in [7, 11) is 1.66. The van der Waals surface area contributed by atoms with Gasteiger partial charge in [-0.2, -0.15) is 0 Å². The maximum Gasteiger partial charge on any atom is 0.233 e. The molecule has 5 nitrogen and oxygen atoms in total. The van der Waals surface area contributed by atoms with Gasteiger partial charge in [0.15, 0.2) is 0 Å². The van der Waals surface area contributed by atoms with Crippen molar-refractivity contribution in [2.24, 2.45) is 5.92 Å². The van der Waals surface area contributed by atoms with E-state index in [2.05, 4.69) is 33.0 Å². The van der Waals surface area contributed by atoms with E-state index in [0.717, 1.165) is 19.6 Å². The number of nitrogens with one attached hydrogen (secondary N) is 2. The topological polar surface area (TPSA) is 53.6 Å². The minimum absolute atomic E-state index is 0.0754. The molecule has 1 aromatic rings. The van der Waals surface area contributed by atoms with Crippen molar-refractivity contribution in [3.8, 4) is 0 Å². The Bertz CT molecular complexity index is 425. The molecule has 2 rings (SSSR count). The minimum atomic E-state index is 0.0754. The first kappa shape index (κ1) is 17.4. The standard InChI is InChI=1S/C16H27N3O2S/c1-21-8-6-17-11-16(20)18-10-14-4-2-7-19(12-14)13-15-5-3-9-22-15/h3,5,9,14,17H,2,4,6-8,10-13H2,1H3,(H,18,20). The van der Waals surface area contributed by atoms with Crippen LogP contribution in [0.5, 0.6) is 0 Å². The number of piperidine rings is 1.